The summed E-state index contributed by atoms with van der Waals surface area (Å²) in [4.78, 5) is 44.2. The van der Waals surface area contributed by atoms with Gasteiger partial charge in [0.15, 0.2) is 0 Å². The van der Waals surface area contributed by atoms with Crippen LogP contribution in [0.1, 0.15) is 54.4 Å². The second kappa shape index (κ2) is 9.05. The van der Waals surface area contributed by atoms with Gasteiger partial charge in [0.25, 0.3) is 5.91 Å². The summed E-state index contributed by atoms with van der Waals surface area (Å²) in [5, 5.41) is 12.1. The summed E-state index contributed by atoms with van der Waals surface area (Å²) < 4.78 is 0. The van der Waals surface area contributed by atoms with E-state index in [-0.39, 0.29) is 18.0 Å². The molecule has 174 valence electrons. The number of fused-ring (bicyclic) bond motifs is 4. The van der Waals surface area contributed by atoms with Crippen LogP contribution in [0.25, 0.3) is 0 Å². The molecule has 4 amide bonds. The fourth-order valence-electron chi connectivity index (χ4n) is 6.18. The molecule has 0 aromatic heterocycles. The van der Waals surface area contributed by atoms with E-state index < -0.39 is 0 Å². The van der Waals surface area contributed by atoms with Crippen LogP contribution < -0.4 is 5.32 Å². The van der Waals surface area contributed by atoms with Crippen LogP contribution in [0.3, 0.4) is 0 Å². The highest BCUT2D eigenvalue weighted by molar-refractivity contribution is 5.94. The number of nitrogens with one attached hydrogen (secondary N) is 1. The van der Waals surface area contributed by atoms with E-state index in [1.54, 1.807) is 24.3 Å². The van der Waals surface area contributed by atoms with E-state index in [1.807, 2.05) is 9.80 Å². The highest BCUT2D eigenvalue weighted by Gasteiger charge is 2.45. The average molecular weight is 450 g/mol. The van der Waals surface area contributed by atoms with Crippen molar-refractivity contribution in [1.29, 1.82) is 5.26 Å². The van der Waals surface area contributed by atoms with Crippen molar-refractivity contribution in [1.82, 2.24) is 20.0 Å². The van der Waals surface area contributed by atoms with Crippen LogP contribution >= 0.6 is 0 Å². The number of nitriles is 1. The van der Waals surface area contributed by atoms with Gasteiger partial charge in [-0.05, 0) is 62.1 Å². The van der Waals surface area contributed by atoms with Gasteiger partial charge in [-0.25, -0.2) is 4.79 Å². The number of nitrogens with zero attached hydrogens (tertiary/aromatic N) is 4. The van der Waals surface area contributed by atoms with Gasteiger partial charge in [0.05, 0.1) is 11.6 Å². The number of likely N-dealkylation sites (tertiary alicyclic amines) is 2. The van der Waals surface area contributed by atoms with E-state index in [1.165, 1.54) is 0 Å². The van der Waals surface area contributed by atoms with Crippen molar-refractivity contribution in [3.8, 4) is 6.07 Å². The van der Waals surface area contributed by atoms with E-state index in [0.29, 0.717) is 54.4 Å². The number of benzene rings is 1. The van der Waals surface area contributed by atoms with Crippen LogP contribution in [0.15, 0.2) is 24.3 Å². The molecule has 1 aromatic rings. The maximum absolute atomic E-state index is 13.3. The van der Waals surface area contributed by atoms with Gasteiger partial charge in [-0.1, -0.05) is 6.07 Å². The minimum absolute atomic E-state index is 0.0230. The molecule has 33 heavy (non-hydrogen) atoms. The number of hydrogen-bond donors (Lipinski definition) is 1. The third-order valence-electron chi connectivity index (χ3n) is 7.80. The van der Waals surface area contributed by atoms with Crippen LogP contribution in [0, 0.1) is 23.2 Å². The molecule has 0 radical (unpaired) electrons. The van der Waals surface area contributed by atoms with Crippen molar-refractivity contribution in [3.05, 3.63) is 35.4 Å². The first-order valence-electron chi connectivity index (χ1n) is 12.2. The molecular formula is C25H31N5O3. The molecule has 4 aliphatic heterocycles. The summed E-state index contributed by atoms with van der Waals surface area (Å²) in [5.41, 5.74) is 0.956. The Morgan fingerprint density at radius 1 is 1.06 bits per heavy atom. The molecule has 8 nitrogen and oxygen atoms in total. The number of amides is 4. The van der Waals surface area contributed by atoms with E-state index >= 15 is 0 Å². The molecule has 4 heterocycles. The number of hydrogen-bond acceptors (Lipinski definition) is 4. The Hall–Kier alpha value is -3.08. The quantitative estimate of drug-likeness (QED) is 0.749. The van der Waals surface area contributed by atoms with Crippen LogP contribution in [0.4, 0.5) is 4.79 Å². The van der Waals surface area contributed by atoms with Crippen molar-refractivity contribution < 1.29 is 14.4 Å². The molecule has 2 bridgehead atoms. The van der Waals surface area contributed by atoms with Gasteiger partial charge in [-0.15, -0.1) is 0 Å². The molecular weight excluding hydrogens is 418 g/mol. The van der Waals surface area contributed by atoms with E-state index in [9.17, 15) is 14.4 Å². The zero-order valence-corrected chi connectivity index (χ0v) is 18.9. The van der Waals surface area contributed by atoms with E-state index in [4.69, 9.17) is 5.26 Å². The van der Waals surface area contributed by atoms with Crippen molar-refractivity contribution in [3.63, 3.8) is 0 Å². The van der Waals surface area contributed by atoms with Gasteiger partial charge in [-0.2, -0.15) is 5.26 Å². The van der Waals surface area contributed by atoms with Crippen LogP contribution in [0.2, 0.25) is 0 Å². The van der Waals surface area contributed by atoms with Crippen molar-refractivity contribution in [2.24, 2.45) is 11.8 Å². The summed E-state index contributed by atoms with van der Waals surface area (Å²) in [6, 6.07) is 9.19. The lowest BCUT2D eigenvalue weighted by Crippen LogP contribution is -2.62. The van der Waals surface area contributed by atoms with Crippen LogP contribution in [-0.2, 0) is 4.79 Å². The summed E-state index contributed by atoms with van der Waals surface area (Å²) in [5.74, 6) is 0.898. The molecule has 1 aromatic carbocycles. The molecule has 5 rings (SSSR count). The van der Waals surface area contributed by atoms with E-state index in [0.717, 1.165) is 51.7 Å². The Morgan fingerprint density at radius 2 is 1.88 bits per heavy atom. The predicted octanol–water partition coefficient (Wildman–Crippen LogP) is 2.21. The molecule has 4 fully saturated rings. The predicted molar refractivity (Wildman–Crippen MR) is 121 cm³/mol. The second-order valence-electron chi connectivity index (χ2n) is 9.98. The van der Waals surface area contributed by atoms with Crippen LogP contribution in [0.5, 0.6) is 0 Å². The third-order valence-corrected chi connectivity index (χ3v) is 7.80. The van der Waals surface area contributed by atoms with Crippen molar-refractivity contribution in [2.75, 3.05) is 32.7 Å². The van der Waals surface area contributed by atoms with Gasteiger partial charge in [0.2, 0.25) is 5.91 Å². The molecule has 1 N–H and O–H groups in total. The number of carbonyl (C=O) groups excluding carboxylic acids is 3. The normalized spacial score (nSPS) is 27.5. The SMILES string of the molecule is N#Cc1cccc(C(=O)NC2CCN(C(=O)N3C[C@H]4C[C@H](C3)[C@H]3CCCC(=O)N3C4)CC2)c1. The van der Waals surface area contributed by atoms with Gasteiger partial charge < -0.3 is 20.0 Å². The maximum atomic E-state index is 13.3. The third kappa shape index (κ3) is 4.41. The highest BCUT2D eigenvalue weighted by atomic mass is 16.2. The summed E-state index contributed by atoms with van der Waals surface area (Å²) >= 11 is 0. The Labute approximate surface area is 194 Å². The van der Waals surface area contributed by atoms with Gasteiger partial charge in [0, 0.05) is 56.8 Å². The Kier molecular flexibility index (Phi) is 5.96. The highest BCUT2D eigenvalue weighted by Crippen LogP contribution is 2.38. The topological polar surface area (TPSA) is 96.7 Å². The number of piperidine rings is 4. The molecule has 0 unspecified atom stereocenters. The number of urea groups is 1. The average Bonchev–Trinajstić information content (AvgIpc) is 2.84. The van der Waals surface area contributed by atoms with Crippen molar-refractivity contribution >= 4 is 17.8 Å². The minimum Gasteiger partial charge on any atom is -0.349 e. The molecule has 4 aliphatic rings. The zero-order valence-electron chi connectivity index (χ0n) is 18.9. The standard InChI is InChI=1S/C25H31N5O3/c26-13-17-3-1-4-19(11-17)24(32)27-21-7-9-28(10-8-21)25(33)29-14-18-12-20(16-29)22-5-2-6-23(31)30(22)15-18/h1,3-4,11,18,20-22H,2,5-10,12,14-16H2,(H,27,32)/t18-,20-,22-/m1/s1. The second-order valence-corrected chi connectivity index (χ2v) is 9.98. The summed E-state index contributed by atoms with van der Waals surface area (Å²) in [6.07, 6.45) is 5.28. The fraction of sp³-hybridized carbons (Fsp3) is 0.600. The molecule has 0 aliphatic carbocycles. The Balaban J connectivity index is 1.14. The first-order valence-corrected chi connectivity index (χ1v) is 12.2. The summed E-state index contributed by atoms with van der Waals surface area (Å²) in [7, 11) is 0. The minimum atomic E-state index is -0.174. The number of carbonyl (C=O) groups is 3. The fourth-order valence-corrected chi connectivity index (χ4v) is 6.18. The van der Waals surface area contributed by atoms with Crippen LogP contribution in [-0.4, -0.2) is 77.4 Å². The Bertz CT molecular complexity index is 980. The van der Waals surface area contributed by atoms with Gasteiger partial charge in [0.1, 0.15) is 0 Å². The van der Waals surface area contributed by atoms with Gasteiger partial charge >= 0.3 is 6.03 Å². The molecule has 4 saturated heterocycles. The zero-order chi connectivity index (χ0) is 22.9. The van der Waals surface area contributed by atoms with Gasteiger partial charge in [-0.3, -0.25) is 9.59 Å². The maximum Gasteiger partial charge on any atom is 0.320 e. The smallest absolute Gasteiger partial charge is 0.320 e. The van der Waals surface area contributed by atoms with E-state index in [2.05, 4.69) is 16.3 Å². The Morgan fingerprint density at radius 3 is 2.67 bits per heavy atom. The first-order chi connectivity index (χ1) is 16.0. The summed E-state index contributed by atoms with van der Waals surface area (Å²) in [6.45, 7) is 3.53. The van der Waals surface area contributed by atoms with Crippen molar-refractivity contribution in [2.45, 2.75) is 50.6 Å². The monoisotopic (exact) mass is 449 g/mol. The molecule has 8 heteroatoms. The number of rotatable bonds is 2. The largest absolute Gasteiger partial charge is 0.349 e. The molecule has 0 spiro atoms. The molecule has 0 saturated carbocycles. The molecule has 3 atom stereocenters. The lowest BCUT2D eigenvalue weighted by Gasteiger charge is -2.53. The lowest BCUT2D eigenvalue weighted by molar-refractivity contribution is -0.144. The lowest BCUT2D eigenvalue weighted by atomic mass is 9.76. The first kappa shape index (κ1) is 21.7.